The monoisotopic (exact) mass is 572 g/mol. The summed E-state index contributed by atoms with van der Waals surface area (Å²) in [6.45, 7) is 3.24. The number of rotatable bonds is 7. The van der Waals surface area contributed by atoms with Gasteiger partial charge in [0.1, 0.15) is 11.9 Å². The number of thiophene rings is 1. The highest BCUT2D eigenvalue weighted by Crippen LogP contribution is 2.34. The van der Waals surface area contributed by atoms with Crippen LogP contribution in [0.3, 0.4) is 0 Å². The normalized spacial score (nSPS) is 18.1. The minimum Gasteiger partial charge on any atom is -0.368 e. The highest BCUT2D eigenvalue weighted by atomic mass is 32.2. The molecule has 4 heterocycles. The molecule has 2 aromatic carbocycles. The van der Waals surface area contributed by atoms with Gasteiger partial charge in [0.15, 0.2) is 5.17 Å². The quantitative estimate of drug-likeness (QED) is 0.468. The molecule has 6 rings (SSSR count). The Morgan fingerprint density at radius 3 is 2.52 bits per heavy atom. The summed E-state index contributed by atoms with van der Waals surface area (Å²) in [5.41, 5.74) is 2.60. The predicted molar refractivity (Wildman–Crippen MR) is 159 cm³/mol. The standard InChI is InChI=1S/C29H28N6O3S2/c36-25(30-18-21-9-6-16-39-21)17-24-28(38)35-27(31-24)22-10-4-5-11-23(22)32-29(35)40-19-26(37)34-14-12-33(13-15-34)20-7-2-1-3-8-20/h1-11,16,24H,12-15,17-19H2,(H,30,36)/t24-/m0/s1. The summed E-state index contributed by atoms with van der Waals surface area (Å²) in [5.74, 6) is 0.119. The summed E-state index contributed by atoms with van der Waals surface area (Å²) in [7, 11) is 0. The van der Waals surface area contributed by atoms with Gasteiger partial charge >= 0.3 is 0 Å². The lowest BCUT2D eigenvalue weighted by Gasteiger charge is -2.36. The largest absolute Gasteiger partial charge is 0.368 e. The van der Waals surface area contributed by atoms with Gasteiger partial charge in [0, 0.05) is 42.3 Å². The Morgan fingerprint density at radius 1 is 0.975 bits per heavy atom. The number of carbonyl (C=O) groups is 3. The summed E-state index contributed by atoms with van der Waals surface area (Å²) in [4.78, 5) is 55.3. The Kier molecular flexibility index (Phi) is 7.65. The molecule has 0 unspecified atom stereocenters. The van der Waals surface area contributed by atoms with Crippen molar-refractivity contribution >= 4 is 63.2 Å². The van der Waals surface area contributed by atoms with Gasteiger partial charge in [0.25, 0.3) is 5.91 Å². The number of carbonyl (C=O) groups excluding carboxylic acids is 3. The number of nitrogens with zero attached hydrogens (tertiary/aromatic N) is 5. The zero-order chi connectivity index (χ0) is 27.5. The number of amides is 3. The van der Waals surface area contributed by atoms with Crippen LogP contribution in [0, 0.1) is 0 Å². The fourth-order valence-electron chi connectivity index (χ4n) is 4.95. The molecule has 0 spiro atoms. The number of nitrogens with one attached hydrogen (secondary N) is 1. The molecule has 0 radical (unpaired) electrons. The Labute approximate surface area is 240 Å². The molecule has 3 amide bonds. The third-order valence-electron chi connectivity index (χ3n) is 7.04. The number of amidine groups is 2. The molecule has 1 aromatic heterocycles. The van der Waals surface area contributed by atoms with Crippen molar-refractivity contribution in [2.45, 2.75) is 19.0 Å². The molecule has 0 bridgehead atoms. The molecule has 1 atom stereocenters. The fourth-order valence-corrected chi connectivity index (χ4v) is 6.50. The topological polar surface area (TPSA) is 97.7 Å². The van der Waals surface area contributed by atoms with Crippen LogP contribution in [-0.4, -0.2) is 76.5 Å². The Hall–Kier alpha value is -3.96. The highest BCUT2D eigenvalue weighted by Gasteiger charge is 2.42. The number of fused-ring (bicyclic) bond motifs is 3. The molecule has 11 heteroatoms. The van der Waals surface area contributed by atoms with Crippen molar-refractivity contribution in [3.8, 4) is 0 Å². The molecule has 9 nitrogen and oxygen atoms in total. The van der Waals surface area contributed by atoms with Crippen molar-refractivity contribution in [2.75, 3.05) is 36.8 Å². The van der Waals surface area contributed by atoms with Gasteiger partial charge in [-0.25, -0.2) is 9.89 Å². The third kappa shape index (κ3) is 5.52. The van der Waals surface area contributed by atoms with Crippen molar-refractivity contribution in [3.05, 3.63) is 82.6 Å². The van der Waals surface area contributed by atoms with Gasteiger partial charge in [-0.15, -0.1) is 11.3 Å². The number of hydrogen-bond acceptors (Lipinski definition) is 8. The van der Waals surface area contributed by atoms with Crippen LogP contribution in [0.5, 0.6) is 0 Å². The Bertz CT molecular complexity index is 1470. The first-order valence-corrected chi connectivity index (χ1v) is 15.0. The average Bonchev–Trinajstić information content (AvgIpc) is 3.63. The maximum atomic E-state index is 13.5. The van der Waals surface area contributed by atoms with Crippen LogP contribution in [0.4, 0.5) is 11.4 Å². The Morgan fingerprint density at radius 2 is 1.75 bits per heavy atom. The second-order valence-electron chi connectivity index (χ2n) is 9.61. The van der Waals surface area contributed by atoms with E-state index in [-0.39, 0.29) is 29.9 Å². The van der Waals surface area contributed by atoms with Gasteiger partial charge in [-0.05, 0) is 35.7 Å². The third-order valence-corrected chi connectivity index (χ3v) is 8.84. The van der Waals surface area contributed by atoms with E-state index in [2.05, 4.69) is 27.3 Å². The summed E-state index contributed by atoms with van der Waals surface area (Å²) in [6, 6.07) is 20.7. The predicted octanol–water partition coefficient (Wildman–Crippen LogP) is 3.50. The van der Waals surface area contributed by atoms with Crippen molar-refractivity contribution in [2.24, 2.45) is 9.98 Å². The fraction of sp³-hybridized carbons (Fsp3) is 0.276. The van der Waals surface area contributed by atoms with E-state index in [0.717, 1.165) is 29.2 Å². The molecule has 1 fully saturated rings. The average molecular weight is 573 g/mol. The molecule has 1 saturated heterocycles. The van der Waals surface area contributed by atoms with E-state index in [1.165, 1.54) is 16.7 Å². The summed E-state index contributed by atoms with van der Waals surface area (Å²) >= 11 is 2.80. The first kappa shape index (κ1) is 26.3. The van der Waals surface area contributed by atoms with Crippen LogP contribution in [-0.2, 0) is 20.9 Å². The lowest BCUT2D eigenvalue weighted by Crippen LogP contribution is -2.49. The zero-order valence-electron chi connectivity index (χ0n) is 21.7. The number of thioether (sulfide) groups is 1. The SMILES string of the molecule is O=C(C[C@@H]1N=C2c3ccccc3N=C(SCC(=O)N3CCN(c4ccccc4)CC3)N2C1=O)NCc1cccs1. The number of aliphatic imine (C=N–C) groups is 2. The second-order valence-corrected chi connectivity index (χ2v) is 11.6. The van der Waals surface area contributed by atoms with Crippen LogP contribution in [0.25, 0.3) is 0 Å². The van der Waals surface area contributed by atoms with E-state index < -0.39 is 6.04 Å². The summed E-state index contributed by atoms with van der Waals surface area (Å²) in [6.07, 6.45) is -0.0467. The van der Waals surface area contributed by atoms with Crippen LogP contribution in [0.15, 0.2) is 82.1 Å². The maximum absolute atomic E-state index is 13.5. The van der Waals surface area contributed by atoms with Crippen molar-refractivity contribution in [3.63, 3.8) is 0 Å². The van der Waals surface area contributed by atoms with Crippen molar-refractivity contribution < 1.29 is 14.4 Å². The lowest BCUT2D eigenvalue weighted by molar-refractivity contribution is -0.129. The Balaban J connectivity index is 1.10. The van der Waals surface area contributed by atoms with Crippen molar-refractivity contribution in [1.82, 2.24) is 15.1 Å². The molecular weight excluding hydrogens is 544 g/mol. The van der Waals surface area contributed by atoms with E-state index >= 15 is 0 Å². The molecule has 204 valence electrons. The molecule has 40 heavy (non-hydrogen) atoms. The van der Waals surface area contributed by atoms with Gasteiger partial charge in [0.05, 0.1) is 24.4 Å². The van der Waals surface area contributed by atoms with Gasteiger partial charge in [0.2, 0.25) is 11.8 Å². The number of para-hydroxylation sites is 2. The van der Waals surface area contributed by atoms with E-state index in [1.807, 2.05) is 64.9 Å². The molecule has 1 N–H and O–H groups in total. The summed E-state index contributed by atoms with van der Waals surface area (Å²) in [5, 5.41) is 5.25. The van der Waals surface area contributed by atoms with Crippen LogP contribution >= 0.6 is 23.1 Å². The highest BCUT2D eigenvalue weighted by molar-refractivity contribution is 8.14. The number of piperazine rings is 1. The second kappa shape index (κ2) is 11.6. The maximum Gasteiger partial charge on any atom is 0.259 e. The van der Waals surface area contributed by atoms with Crippen molar-refractivity contribution in [1.29, 1.82) is 0 Å². The van der Waals surface area contributed by atoms with Gasteiger partial charge in [-0.1, -0.05) is 48.2 Å². The smallest absolute Gasteiger partial charge is 0.259 e. The minimum absolute atomic E-state index is 0.00825. The van der Waals surface area contributed by atoms with Gasteiger partial charge in [-0.3, -0.25) is 19.4 Å². The van der Waals surface area contributed by atoms with Gasteiger partial charge < -0.3 is 15.1 Å². The number of benzene rings is 2. The first-order valence-electron chi connectivity index (χ1n) is 13.2. The van der Waals surface area contributed by atoms with E-state index in [0.29, 0.717) is 36.3 Å². The summed E-state index contributed by atoms with van der Waals surface area (Å²) < 4.78 is 0. The van der Waals surface area contributed by atoms with Crippen LogP contribution in [0.2, 0.25) is 0 Å². The van der Waals surface area contributed by atoms with Gasteiger partial charge in [-0.2, -0.15) is 0 Å². The van der Waals surface area contributed by atoms with Crippen LogP contribution < -0.4 is 10.2 Å². The molecule has 3 aliphatic rings. The number of hydrogen-bond donors (Lipinski definition) is 1. The molecule has 3 aliphatic heterocycles. The number of anilines is 1. The molecule has 0 saturated carbocycles. The van der Waals surface area contributed by atoms with E-state index in [1.54, 1.807) is 11.3 Å². The molecule has 0 aliphatic carbocycles. The molecular formula is C29H28N6O3S2. The lowest BCUT2D eigenvalue weighted by atomic mass is 10.1. The minimum atomic E-state index is -0.836. The zero-order valence-corrected chi connectivity index (χ0v) is 23.4. The van der Waals surface area contributed by atoms with E-state index in [4.69, 9.17) is 4.99 Å². The van der Waals surface area contributed by atoms with E-state index in [9.17, 15) is 14.4 Å². The van der Waals surface area contributed by atoms with Crippen LogP contribution in [0.1, 0.15) is 16.9 Å². The molecule has 3 aromatic rings. The first-order chi connectivity index (χ1) is 19.6.